The Morgan fingerprint density at radius 1 is 1.48 bits per heavy atom. The van der Waals surface area contributed by atoms with Crippen LogP contribution in [-0.2, 0) is 4.79 Å². The summed E-state index contributed by atoms with van der Waals surface area (Å²) in [4.78, 5) is 16.2. The van der Waals surface area contributed by atoms with Crippen molar-refractivity contribution in [3.63, 3.8) is 0 Å². The Morgan fingerprint density at radius 2 is 2.39 bits per heavy atom. The number of aromatic nitrogens is 2. The molecule has 1 aliphatic rings. The van der Waals surface area contributed by atoms with E-state index in [1.165, 1.54) is 11.5 Å². The molecule has 2 aromatic rings. The van der Waals surface area contributed by atoms with Crippen LogP contribution in [-0.4, -0.2) is 34.3 Å². The van der Waals surface area contributed by atoms with Crippen molar-refractivity contribution in [2.45, 2.75) is 25.3 Å². The van der Waals surface area contributed by atoms with Gasteiger partial charge in [-0.1, -0.05) is 12.1 Å². The number of carbonyl (C=O) groups excluding carboxylic acids is 1. The molecule has 1 fully saturated rings. The van der Waals surface area contributed by atoms with E-state index in [0.29, 0.717) is 30.1 Å². The van der Waals surface area contributed by atoms with Crippen molar-refractivity contribution in [2.24, 2.45) is 0 Å². The molecule has 1 aliphatic heterocycles. The van der Waals surface area contributed by atoms with Crippen molar-refractivity contribution in [1.82, 2.24) is 14.7 Å². The van der Waals surface area contributed by atoms with E-state index in [0.717, 1.165) is 30.1 Å². The lowest BCUT2D eigenvalue weighted by Crippen LogP contribution is -2.42. The minimum atomic E-state index is -0.0454. The largest absolute Gasteiger partial charge is 0.360 e. The van der Waals surface area contributed by atoms with Crippen LogP contribution < -0.4 is 10.6 Å². The molecule has 1 unspecified atom stereocenters. The van der Waals surface area contributed by atoms with E-state index in [9.17, 15) is 4.79 Å². The molecule has 6 nitrogen and oxygen atoms in total. The van der Waals surface area contributed by atoms with Gasteiger partial charge in [0.05, 0.1) is 17.7 Å². The van der Waals surface area contributed by atoms with Crippen molar-refractivity contribution < 1.29 is 4.79 Å². The van der Waals surface area contributed by atoms with Crippen molar-refractivity contribution in [2.75, 3.05) is 18.4 Å². The predicted molar refractivity (Wildman–Crippen MR) is 89.2 cm³/mol. The Hall–Kier alpha value is -2.30. The first-order chi connectivity index (χ1) is 11.3. The fraction of sp³-hybridized carbons (Fsp3) is 0.375. The van der Waals surface area contributed by atoms with Gasteiger partial charge in [-0.15, -0.1) is 0 Å². The third-order valence-corrected chi connectivity index (χ3v) is 4.44. The Kier molecular flexibility index (Phi) is 4.95. The maximum absolute atomic E-state index is 11.7. The number of carbonyl (C=O) groups is 1. The summed E-state index contributed by atoms with van der Waals surface area (Å²) in [6.07, 6.45) is 2.36. The summed E-state index contributed by atoms with van der Waals surface area (Å²) < 4.78 is 4.32. The third kappa shape index (κ3) is 3.92. The van der Waals surface area contributed by atoms with Crippen LogP contribution in [0.5, 0.6) is 0 Å². The minimum Gasteiger partial charge on any atom is -0.360 e. The molecular formula is C16H17N5OS. The molecule has 0 spiro atoms. The number of rotatable bonds is 5. The molecule has 0 radical (unpaired) electrons. The molecule has 0 bridgehead atoms. The van der Waals surface area contributed by atoms with Crippen LogP contribution in [0.2, 0.25) is 0 Å². The van der Waals surface area contributed by atoms with E-state index >= 15 is 0 Å². The summed E-state index contributed by atoms with van der Waals surface area (Å²) >= 11 is 1.28. The molecule has 0 aliphatic carbocycles. The highest BCUT2D eigenvalue weighted by molar-refractivity contribution is 7.09. The topological polar surface area (TPSA) is 90.7 Å². The predicted octanol–water partition coefficient (Wildman–Crippen LogP) is 2.20. The van der Waals surface area contributed by atoms with Gasteiger partial charge in [0.25, 0.3) is 0 Å². The number of Topliss-reactive ketones (excluding diaryl/α,β-unsaturated/α-hetero) is 1. The average molecular weight is 327 g/mol. The zero-order chi connectivity index (χ0) is 16.1. The Morgan fingerprint density at radius 3 is 3.22 bits per heavy atom. The van der Waals surface area contributed by atoms with Gasteiger partial charge in [-0.2, -0.15) is 14.6 Å². The molecule has 0 amide bonds. The quantitative estimate of drug-likeness (QED) is 0.875. The molecule has 3 rings (SSSR count). The average Bonchev–Trinajstić information content (AvgIpc) is 3.06. The number of hydrogen-bond donors (Lipinski definition) is 2. The van der Waals surface area contributed by atoms with Crippen LogP contribution in [0, 0.1) is 11.3 Å². The number of piperidine rings is 1. The second-order valence-electron chi connectivity index (χ2n) is 5.41. The fourth-order valence-corrected chi connectivity index (χ4v) is 3.17. The standard InChI is InChI=1S/C16H17N5OS/c17-10-11-3-1-4-12(9-11)15-20-16(23-21-15)19-8-6-13-14(22)5-2-7-18-13/h1,3-4,9,13,18H,2,5-8H2,(H,19,20,21). The Bertz CT molecular complexity index is 736. The van der Waals surface area contributed by atoms with Gasteiger partial charge in [0.1, 0.15) is 5.78 Å². The fourth-order valence-electron chi connectivity index (χ4n) is 2.55. The van der Waals surface area contributed by atoms with Crippen LogP contribution in [0.15, 0.2) is 24.3 Å². The van der Waals surface area contributed by atoms with E-state index in [1.807, 2.05) is 12.1 Å². The summed E-state index contributed by atoms with van der Waals surface area (Å²) in [6.45, 7) is 1.59. The lowest BCUT2D eigenvalue weighted by molar-refractivity contribution is -0.122. The SMILES string of the molecule is N#Cc1cccc(-c2nsc(NCCC3NCCCC3=O)n2)c1. The summed E-state index contributed by atoms with van der Waals surface area (Å²) in [5.41, 5.74) is 1.42. The van der Waals surface area contributed by atoms with Crippen LogP contribution in [0.3, 0.4) is 0 Å². The monoisotopic (exact) mass is 327 g/mol. The van der Waals surface area contributed by atoms with Crippen molar-refractivity contribution in [3.8, 4) is 17.5 Å². The van der Waals surface area contributed by atoms with Gasteiger partial charge < -0.3 is 10.6 Å². The van der Waals surface area contributed by atoms with E-state index in [1.54, 1.807) is 12.1 Å². The van der Waals surface area contributed by atoms with Gasteiger partial charge in [0.2, 0.25) is 5.13 Å². The minimum absolute atomic E-state index is 0.0454. The maximum Gasteiger partial charge on any atom is 0.202 e. The Labute approximate surface area is 138 Å². The number of benzene rings is 1. The van der Waals surface area contributed by atoms with Crippen molar-refractivity contribution >= 4 is 22.4 Å². The number of ketones is 1. The molecule has 7 heteroatoms. The number of hydrogen-bond acceptors (Lipinski definition) is 7. The molecule has 23 heavy (non-hydrogen) atoms. The van der Waals surface area contributed by atoms with Crippen molar-refractivity contribution in [1.29, 1.82) is 5.26 Å². The first-order valence-electron chi connectivity index (χ1n) is 7.60. The van der Waals surface area contributed by atoms with E-state index < -0.39 is 0 Å². The molecule has 0 saturated carbocycles. The second kappa shape index (κ2) is 7.31. The molecule has 1 saturated heterocycles. The number of anilines is 1. The number of nitrogens with one attached hydrogen (secondary N) is 2. The smallest absolute Gasteiger partial charge is 0.202 e. The molecule has 2 N–H and O–H groups in total. The molecular weight excluding hydrogens is 310 g/mol. The van der Waals surface area contributed by atoms with Crippen molar-refractivity contribution in [3.05, 3.63) is 29.8 Å². The summed E-state index contributed by atoms with van der Waals surface area (Å²) in [7, 11) is 0. The van der Waals surface area contributed by atoms with Crippen LogP contribution in [0.4, 0.5) is 5.13 Å². The van der Waals surface area contributed by atoms with Gasteiger partial charge >= 0.3 is 0 Å². The maximum atomic E-state index is 11.7. The zero-order valence-electron chi connectivity index (χ0n) is 12.6. The van der Waals surface area contributed by atoms with Gasteiger partial charge in [0, 0.05) is 30.1 Å². The van der Waals surface area contributed by atoms with Crippen LogP contribution >= 0.6 is 11.5 Å². The molecule has 2 heterocycles. The van der Waals surface area contributed by atoms with E-state index in [-0.39, 0.29) is 6.04 Å². The zero-order valence-corrected chi connectivity index (χ0v) is 13.4. The first kappa shape index (κ1) is 15.6. The van der Waals surface area contributed by atoms with Crippen LogP contribution in [0.1, 0.15) is 24.8 Å². The number of nitriles is 1. The lowest BCUT2D eigenvalue weighted by atomic mass is 10.0. The Balaban J connectivity index is 1.57. The first-order valence-corrected chi connectivity index (χ1v) is 8.38. The third-order valence-electron chi connectivity index (χ3n) is 3.76. The molecule has 118 valence electrons. The summed E-state index contributed by atoms with van der Waals surface area (Å²) in [5.74, 6) is 0.908. The van der Waals surface area contributed by atoms with Gasteiger partial charge in [-0.3, -0.25) is 4.79 Å². The van der Waals surface area contributed by atoms with Crippen LogP contribution in [0.25, 0.3) is 11.4 Å². The van der Waals surface area contributed by atoms with Gasteiger partial charge in [-0.05, 0) is 31.5 Å². The van der Waals surface area contributed by atoms with E-state index in [4.69, 9.17) is 5.26 Å². The lowest BCUT2D eigenvalue weighted by Gasteiger charge is -2.22. The normalized spacial score (nSPS) is 17.7. The highest BCUT2D eigenvalue weighted by atomic mass is 32.1. The summed E-state index contributed by atoms with van der Waals surface area (Å²) in [5, 5.41) is 16.1. The molecule has 1 aromatic carbocycles. The second-order valence-corrected chi connectivity index (χ2v) is 6.16. The van der Waals surface area contributed by atoms with Gasteiger partial charge in [-0.25, -0.2) is 0 Å². The molecule has 1 aromatic heterocycles. The number of nitrogens with zero attached hydrogens (tertiary/aromatic N) is 3. The highest BCUT2D eigenvalue weighted by Gasteiger charge is 2.20. The highest BCUT2D eigenvalue weighted by Crippen LogP contribution is 2.22. The molecule has 1 atom stereocenters. The summed E-state index contributed by atoms with van der Waals surface area (Å²) in [6, 6.07) is 9.30. The van der Waals surface area contributed by atoms with E-state index in [2.05, 4.69) is 26.1 Å². The van der Waals surface area contributed by atoms with Gasteiger partial charge in [0.15, 0.2) is 5.82 Å².